The maximum atomic E-state index is 12.7. The molecule has 38 heavy (non-hydrogen) atoms. The van der Waals surface area contributed by atoms with Gasteiger partial charge in [0.1, 0.15) is 18.4 Å². The van der Waals surface area contributed by atoms with E-state index in [1.54, 1.807) is 7.11 Å². The van der Waals surface area contributed by atoms with Crippen LogP contribution in [0.3, 0.4) is 0 Å². The van der Waals surface area contributed by atoms with E-state index >= 15 is 0 Å². The van der Waals surface area contributed by atoms with Crippen LogP contribution >= 0.6 is 0 Å². The average Bonchev–Trinajstić information content (AvgIpc) is 3.25. The van der Waals surface area contributed by atoms with Crippen LogP contribution in [-0.2, 0) is 16.0 Å². The maximum Gasteiger partial charge on any atom is 0.407 e. The molecule has 0 saturated heterocycles. The highest BCUT2D eigenvalue weighted by Gasteiger charge is 2.29. The first-order valence-corrected chi connectivity index (χ1v) is 12.5. The molecule has 2 N–H and O–H groups in total. The number of benzene rings is 4. The minimum absolute atomic E-state index is 0.0922. The van der Waals surface area contributed by atoms with Crippen LogP contribution in [0.25, 0.3) is 22.3 Å². The van der Waals surface area contributed by atoms with Gasteiger partial charge in [-0.25, -0.2) is 9.59 Å². The monoisotopic (exact) mass is 507 g/mol. The molecular weight excluding hydrogens is 478 g/mol. The summed E-state index contributed by atoms with van der Waals surface area (Å²) in [5.41, 5.74) is 8.44. The SMILES string of the molecule is COc1ccc(-c2ccc(C[C@H](NC(=O)OCC3c4ccccc4-c4ccccc43)C(=O)O)cc2)c(C)c1. The molecule has 0 aliphatic heterocycles. The third-order valence-corrected chi connectivity index (χ3v) is 7.07. The fourth-order valence-electron chi connectivity index (χ4n) is 5.13. The number of fused-ring (bicyclic) bond motifs is 3. The molecule has 1 atom stereocenters. The Kier molecular flexibility index (Phi) is 7.13. The van der Waals surface area contributed by atoms with Crippen LogP contribution in [0.1, 0.15) is 28.2 Å². The van der Waals surface area contributed by atoms with Crippen molar-refractivity contribution < 1.29 is 24.2 Å². The fourth-order valence-corrected chi connectivity index (χ4v) is 5.13. The number of carboxylic acid groups (broad SMARTS) is 1. The van der Waals surface area contributed by atoms with Crippen molar-refractivity contribution in [2.75, 3.05) is 13.7 Å². The van der Waals surface area contributed by atoms with Gasteiger partial charge in [0.15, 0.2) is 0 Å². The smallest absolute Gasteiger partial charge is 0.407 e. The number of carboxylic acids is 1. The minimum atomic E-state index is -1.12. The lowest BCUT2D eigenvalue weighted by Crippen LogP contribution is -2.42. The van der Waals surface area contributed by atoms with Gasteiger partial charge in [-0.15, -0.1) is 0 Å². The van der Waals surface area contributed by atoms with Gasteiger partial charge in [-0.2, -0.15) is 0 Å². The van der Waals surface area contributed by atoms with Gasteiger partial charge in [0.2, 0.25) is 0 Å². The Morgan fingerprint density at radius 1 is 0.868 bits per heavy atom. The number of rotatable bonds is 8. The first-order valence-electron chi connectivity index (χ1n) is 12.5. The highest BCUT2D eigenvalue weighted by Crippen LogP contribution is 2.44. The van der Waals surface area contributed by atoms with E-state index in [0.29, 0.717) is 0 Å². The Morgan fingerprint density at radius 2 is 1.50 bits per heavy atom. The molecule has 0 spiro atoms. The number of hydrogen-bond acceptors (Lipinski definition) is 4. The Hall–Kier alpha value is -4.58. The third-order valence-electron chi connectivity index (χ3n) is 7.07. The molecule has 6 heteroatoms. The van der Waals surface area contributed by atoms with Gasteiger partial charge in [-0.05, 0) is 63.6 Å². The zero-order chi connectivity index (χ0) is 26.6. The lowest BCUT2D eigenvalue weighted by molar-refractivity contribution is -0.139. The second-order valence-electron chi connectivity index (χ2n) is 9.44. The number of hydrogen-bond donors (Lipinski definition) is 2. The molecule has 0 bridgehead atoms. The van der Waals surface area contributed by atoms with Crippen molar-refractivity contribution in [1.82, 2.24) is 5.32 Å². The van der Waals surface area contributed by atoms with Crippen LogP contribution in [0.4, 0.5) is 4.79 Å². The number of methoxy groups -OCH3 is 1. The zero-order valence-corrected chi connectivity index (χ0v) is 21.3. The Balaban J connectivity index is 1.23. The Labute approximate surface area is 221 Å². The van der Waals surface area contributed by atoms with Gasteiger partial charge < -0.3 is 19.9 Å². The number of carbonyl (C=O) groups excluding carboxylic acids is 1. The molecule has 6 nitrogen and oxygen atoms in total. The van der Waals surface area contributed by atoms with Gasteiger partial charge in [-0.3, -0.25) is 0 Å². The van der Waals surface area contributed by atoms with Crippen molar-refractivity contribution >= 4 is 12.1 Å². The molecule has 0 unspecified atom stereocenters. The largest absolute Gasteiger partial charge is 0.497 e. The molecular formula is C32H29NO5. The van der Waals surface area contributed by atoms with Gasteiger partial charge >= 0.3 is 12.1 Å². The van der Waals surface area contributed by atoms with Crippen molar-refractivity contribution in [2.45, 2.75) is 25.3 Å². The van der Waals surface area contributed by atoms with Crippen molar-refractivity contribution in [2.24, 2.45) is 0 Å². The summed E-state index contributed by atoms with van der Waals surface area (Å²) in [6.45, 7) is 2.15. The highest BCUT2D eigenvalue weighted by molar-refractivity contribution is 5.81. The fraction of sp³-hybridized carbons (Fsp3) is 0.188. The van der Waals surface area contributed by atoms with E-state index in [2.05, 4.69) is 17.4 Å². The van der Waals surface area contributed by atoms with Gasteiger partial charge in [0, 0.05) is 12.3 Å². The second kappa shape index (κ2) is 10.8. The third kappa shape index (κ3) is 5.11. The highest BCUT2D eigenvalue weighted by atomic mass is 16.5. The molecule has 1 amide bonds. The Bertz CT molecular complexity index is 1430. The van der Waals surface area contributed by atoms with E-state index in [-0.39, 0.29) is 18.9 Å². The van der Waals surface area contributed by atoms with Crippen LogP contribution in [0.5, 0.6) is 5.75 Å². The number of amides is 1. The summed E-state index contributed by atoms with van der Waals surface area (Å²) < 4.78 is 10.8. The maximum absolute atomic E-state index is 12.7. The summed E-state index contributed by atoms with van der Waals surface area (Å²) in [6, 6.07) is 28.6. The lowest BCUT2D eigenvalue weighted by Gasteiger charge is -2.18. The van der Waals surface area contributed by atoms with Crippen molar-refractivity contribution in [3.05, 3.63) is 113 Å². The van der Waals surface area contributed by atoms with E-state index < -0.39 is 18.1 Å². The van der Waals surface area contributed by atoms with Gasteiger partial charge in [0.25, 0.3) is 0 Å². The molecule has 4 aromatic rings. The minimum Gasteiger partial charge on any atom is -0.497 e. The molecule has 5 rings (SSSR count). The zero-order valence-electron chi connectivity index (χ0n) is 21.3. The van der Waals surface area contributed by atoms with Crippen molar-refractivity contribution in [3.8, 4) is 28.0 Å². The number of aryl methyl sites for hydroxylation is 1. The van der Waals surface area contributed by atoms with Crippen LogP contribution in [0.15, 0.2) is 91.0 Å². The van der Waals surface area contributed by atoms with Crippen molar-refractivity contribution in [1.29, 1.82) is 0 Å². The predicted molar refractivity (Wildman–Crippen MR) is 146 cm³/mol. The molecule has 0 fully saturated rings. The predicted octanol–water partition coefficient (Wildman–Crippen LogP) is 6.21. The summed E-state index contributed by atoms with van der Waals surface area (Å²) in [6.07, 6.45) is -0.605. The number of carbonyl (C=O) groups is 2. The van der Waals surface area contributed by atoms with Crippen LogP contribution in [0, 0.1) is 6.92 Å². The average molecular weight is 508 g/mol. The summed E-state index contributed by atoms with van der Waals surface area (Å²) >= 11 is 0. The standard InChI is InChI=1S/C32H29NO5/c1-20-17-23(37-2)15-16-24(20)22-13-11-21(12-14-22)18-30(31(34)35)33-32(36)38-19-29-27-9-5-3-7-25(27)26-8-4-6-10-28(26)29/h3-17,29-30H,18-19H2,1-2H3,(H,33,36)(H,34,35)/t30-/m0/s1. The van der Waals surface area contributed by atoms with Crippen LogP contribution in [-0.4, -0.2) is 36.9 Å². The lowest BCUT2D eigenvalue weighted by atomic mass is 9.97. The second-order valence-corrected chi connectivity index (χ2v) is 9.44. The number of nitrogens with one attached hydrogen (secondary N) is 1. The molecule has 1 aliphatic rings. The summed E-state index contributed by atoms with van der Waals surface area (Å²) in [7, 11) is 1.64. The van der Waals surface area contributed by atoms with Crippen molar-refractivity contribution in [3.63, 3.8) is 0 Å². The summed E-state index contributed by atoms with van der Waals surface area (Å²) in [5, 5.41) is 12.3. The number of ether oxygens (including phenoxy) is 2. The van der Waals surface area contributed by atoms with Crippen LogP contribution < -0.4 is 10.1 Å². The molecule has 0 saturated carbocycles. The quantitative estimate of drug-likeness (QED) is 0.296. The molecule has 4 aromatic carbocycles. The molecule has 0 heterocycles. The van der Waals surface area contributed by atoms with E-state index in [0.717, 1.165) is 50.3 Å². The van der Waals surface area contributed by atoms with E-state index in [1.807, 2.05) is 85.8 Å². The molecule has 0 radical (unpaired) electrons. The topological polar surface area (TPSA) is 84.9 Å². The number of aliphatic carboxylic acids is 1. The van der Waals surface area contributed by atoms with Crippen LogP contribution in [0.2, 0.25) is 0 Å². The molecule has 192 valence electrons. The first-order chi connectivity index (χ1) is 18.4. The number of alkyl carbamates (subject to hydrolysis) is 1. The van der Waals surface area contributed by atoms with Gasteiger partial charge in [0.05, 0.1) is 7.11 Å². The first kappa shape index (κ1) is 25.1. The molecule has 0 aromatic heterocycles. The summed E-state index contributed by atoms with van der Waals surface area (Å²) in [4.78, 5) is 24.6. The van der Waals surface area contributed by atoms with E-state index in [4.69, 9.17) is 9.47 Å². The van der Waals surface area contributed by atoms with E-state index in [1.165, 1.54) is 0 Å². The van der Waals surface area contributed by atoms with E-state index in [9.17, 15) is 14.7 Å². The summed E-state index contributed by atoms with van der Waals surface area (Å²) in [5.74, 6) is -0.412. The Morgan fingerprint density at radius 3 is 2.08 bits per heavy atom. The normalized spacial score (nSPS) is 12.8. The molecule has 1 aliphatic carbocycles. The van der Waals surface area contributed by atoms with Gasteiger partial charge in [-0.1, -0.05) is 78.9 Å².